The molecule has 0 saturated heterocycles. The van der Waals surface area contributed by atoms with Crippen LogP contribution >= 0.6 is 11.6 Å². The molecule has 0 unspecified atom stereocenters. The molecule has 0 fully saturated rings. The largest absolute Gasteiger partial charge is 0.379 e. The average Bonchev–Trinajstić information content (AvgIpc) is 2.88. The normalized spacial score (nSPS) is 10.8. The second-order valence-corrected chi connectivity index (χ2v) is 4.61. The maximum Gasteiger partial charge on any atom is 0.137 e. The van der Waals surface area contributed by atoms with Crippen molar-refractivity contribution in [3.05, 3.63) is 66.1 Å². The number of fused-ring (bicyclic) bond motifs is 1. The number of anilines is 1. The minimum Gasteiger partial charge on any atom is -0.379 e. The van der Waals surface area contributed by atoms with Crippen LogP contribution in [0.5, 0.6) is 0 Å². The van der Waals surface area contributed by atoms with Crippen molar-refractivity contribution in [1.29, 1.82) is 0 Å². The van der Waals surface area contributed by atoms with Gasteiger partial charge in [0.1, 0.15) is 5.65 Å². The van der Waals surface area contributed by atoms with Crippen molar-refractivity contribution in [2.24, 2.45) is 0 Å². The number of rotatable bonds is 4. The van der Waals surface area contributed by atoms with Gasteiger partial charge in [0.2, 0.25) is 0 Å². The van der Waals surface area contributed by atoms with Crippen molar-refractivity contribution in [3.63, 3.8) is 0 Å². The van der Waals surface area contributed by atoms with Gasteiger partial charge in [0.25, 0.3) is 0 Å². The molecule has 0 spiro atoms. The van der Waals surface area contributed by atoms with Gasteiger partial charge in [-0.2, -0.15) is 0 Å². The average molecular weight is 272 g/mol. The predicted molar refractivity (Wildman–Crippen MR) is 78.5 cm³/mol. The summed E-state index contributed by atoms with van der Waals surface area (Å²) in [7, 11) is 0. The van der Waals surface area contributed by atoms with Crippen LogP contribution in [0.4, 0.5) is 5.69 Å². The molecule has 3 nitrogen and oxygen atoms in total. The van der Waals surface area contributed by atoms with Crippen LogP contribution in [0.25, 0.3) is 5.65 Å². The van der Waals surface area contributed by atoms with Crippen LogP contribution < -0.4 is 5.32 Å². The first kappa shape index (κ1) is 12.1. The molecule has 2 heterocycles. The molecule has 2 aromatic heterocycles. The van der Waals surface area contributed by atoms with E-state index in [4.69, 9.17) is 11.6 Å². The van der Waals surface area contributed by atoms with E-state index in [1.54, 1.807) is 0 Å². The topological polar surface area (TPSA) is 29.3 Å². The number of halogens is 1. The molecule has 0 bridgehead atoms. The number of hydrogen-bond donors (Lipinski definition) is 1. The number of benzene rings is 1. The second-order valence-electron chi connectivity index (χ2n) is 4.34. The Kier molecular flexibility index (Phi) is 3.38. The van der Waals surface area contributed by atoms with Crippen LogP contribution in [0.1, 0.15) is 11.3 Å². The van der Waals surface area contributed by atoms with E-state index in [1.807, 2.05) is 59.3 Å². The summed E-state index contributed by atoms with van der Waals surface area (Å²) in [6.45, 7) is 0.690. The zero-order chi connectivity index (χ0) is 13.1. The summed E-state index contributed by atoms with van der Waals surface area (Å²) < 4.78 is 2.02. The molecule has 0 aliphatic carbocycles. The van der Waals surface area contributed by atoms with Gasteiger partial charge >= 0.3 is 0 Å². The van der Waals surface area contributed by atoms with Crippen molar-refractivity contribution >= 4 is 22.9 Å². The van der Waals surface area contributed by atoms with E-state index in [9.17, 15) is 0 Å². The first-order chi connectivity index (χ1) is 9.36. The molecule has 1 N–H and O–H groups in total. The summed E-state index contributed by atoms with van der Waals surface area (Å²) >= 11 is 5.92. The molecule has 0 aliphatic rings. The van der Waals surface area contributed by atoms with Gasteiger partial charge in [-0.15, -0.1) is 11.6 Å². The first-order valence-electron chi connectivity index (χ1n) is 6.17. The molecule has 96 valence electrons. The Morgan fingerprint density at radius 2 is 1.95 bits per heavy atom. The fourth-order valence-corrected chi connectivity index (χ4v) is 2.30. The first-order valence-corrected chi connectivity index (χ1v) is 6.70. The molecule has 0 amide bonds. The van der Waals surface area contributed by atoms with Gasteiger partial charge in [0.15, 0.2) is 0 Å². The monoisotopic (exact) mass is 271 g/mol. The smallest absolute Gasteiger partial charge is 0.137 e. The number of hydrogen-bond acceptors (Lipinski definition) is 2. The Bertz CT molecular complexity index is 657. The van der Waals surface area contributed by atoms with E-state index in [0.29, 0.717) is 12.4 Å². The lowest BCUT2D eigenvalue weighted by Crippen LogP contribution is -2.01. The summed E-state index contributed by atoms with van der Waals surface area (Å²) in [6.07, 6.45) is 4.03. The van der Waals surface area contributed by atoms with Gasteiger partial charge in [0, 0.05) is 24.0 Å². The Hall–Kier alpha value is -2.00. The summed E-state index contributed by atoms with van der Waals surface area (Å²) in [6, 6.07) is 14.0. The third-order valence-electron chi connectivity index (χ3n) is 3.04. The van der Waals surface area contributed by atoms with E-state index in [-0.39, 0.29) is 0 Å². The maximum absolute atomic E-state index is 5.92. The van der Waals surface area contributed by atoms with E-state index < -0.39 is 0 Å². The van der Waals surface area contributed by atoms with E-state index >= 15 is 0 Å². The molecule has 0 atom stereocenters. The zero-order valence-corrected chi connectivity index (χ0v) is 11.1. The summed E-state index contributed by atoms with van der Waals surface area (Å²) in [5, 5.41) is 3.38. The minimum atomic E-state index is 0.508. The molecule has 0 aliphatic heterocycles. The third kappa shape index (κ3) is 2.56. The fourth-order valence-electron chi connectivity index (χ4n) is 2.07. The van der Waals surface area contributed by atoms with Crippen molar-refractivity contribution < 1.29 is 0 Å². The van der Waals surface area contributed by atoms with Crippen LogP contribution in [-0.4, -0.2) is 9.38 Å². The number of para-hydroxylation sites is 1. The van der Waals surface area contributed by atoms with Crippen molar-refractivity contribution in [1.82, 2.24) is 9.38 Å². The summed E-state index contributed by atoms with van der Waals surface area (Å²) in [5.74, 6) is 0.508. The third-order valence-corrected chi connectivity index (χ3v) is 3.32. The van der Waals surface area contributed by atoms with Gasteiger partial charge in [-0.1, -0.05) is 24.3 Å². The second kappa shape index (κ2) is 5.33. The molecule has 19 heavy (non-hydrogen) atoms. The van der Waals surface area contributed by atoms with E-state index in [2.05, 4.69) is 10.3 Å². The van der Waals surface area contributed by atoms with Gasteiger partial charge in [-0.25, -0.2) is 4.98 Å². The van der Waals surface area contributed by atoms with Gasteiger partial charge in [-0.05, 0) is 23.8 Å². The number of aromatic nitrogens is 2. The number of imidazole rings is 1. The highest BCUT2D eigenvalue weighted by molar-refractivity contribution is 6.17. The highest BCUT2D eigenvalue weighted by atomic mass is 35.5. The molecule has 4 heteroatoms. The SMILES string of the molecule is ClCc1ccccc1NCc1cn2ccccc2n1. The van der Waals surface area contributed by atoms with Crippen LogP contribution in [0, 0.1) is 0 Å². The Labute approximate surface area is 116 Å². The maximum atomic E-state index is 5.92. The highest BCUT2D eigenvalue weighted by Crippen LogP contribution is 2.18. The Balaban J connectivity index is 1.78. The molecule has 3 rings (SSSR count). The van der Waals surface area contributed by atoms with Crippen molar-refractivity contribution in [2.75, 3.05) is 5.32 Å². The number of nitrogens with one attached hydrogen (secondary N) is 1. The molecule has 3 aromatic rings. The predicted octanol–water partition coefficient (Wildman–Crippen LogP) is 3.69. The number of pyridine rings is 1. The molecule has 0 saturated carbocycles. The molecular formula is C15H14ClN3. The van der Waals surface area contributed by atoms with Crippen LogP contribution in [-0.2, 0) is 12.4 Å². The molecule has 1 aromatic carbocycles. The van der Waals surface area contributed by atoms with E-state index in [1.165, 1.54) is 0 Å². The minimum absolute atomic E-state index is 0.508. The molecular weight excluding hydrogens is 258 g/mol. The van der Waals surface area contributed by atoms with Crippen LogP contribution in [0.2, 0.25) is 0 Å². The lowest BCUT2D eigenvalue weighted by atomic mass is 10.2. The standard InChI is InChI=1S/C15H14ClN3/c16-9-12-5-1-2-6-14(12)17-10-13-11-19-8-4-3-7-15(19)18-13/h1-8,11,17H,9-10H2. The van der Waals surface area contributed by atoms with Crippen LogP contribution in [0.15, 0.2) is 54.9 Å². The lowest BCUT2D eigenvalue weighted by molar-refractivity contribution is 1.07. The van der Waals surface area contributed by atoms with Gasteiger partial charge < -0.3 is 9.72 Å². The van der Waals surface area contributed by atoms with Crippen LogP contribution in [0.3, 0.4) is 0 Å². The van der Waals surface area contributed by atoms with Gasteiger partial charge in [-0.3, -0.25) is 0 Å². The summed E-state index contributed by atoms with van der Waals surface area (Å²) in [4.78, 5) is 4.55. The van der Waals surface area contributed by atoms with E-state index in [0.717, 1.165) is 22.6 Å². The Morgan fingerprint density at radius 1 is 1.11 bits per heavy atom. The van der Waals surface area contributed by atoms with Crippen molar-refractivity contribution in [3.8, 4) is 0 Å². The molecule has 0 radical (unpaired) electrons. The zero-order valence-electron chi connectivity index (χ0n) is 10.4. The highest BCUT2D eigenvalue weighted by Gasteiger charge is 2.03. The van der Waals surface area contributed by atoms with Crippen molar-refractivity contribution in [2.45, 2.75) is 12.4 Å². The lowest BCUT2D eigenvalue weighted by Gasteiger charge is -2.08. The van der Waals surface area contributed by atoms with Gasteiger partial charge in [0.05, 0.1) is 12.2 Å². The summed E-state index contributed by atoms with van der Waals surface area (Å²) in [5.41, 5.74) is 4.14. The quantitative estimate of drug-likeness (QED) is 0.734. The Morgan fingerprint density at radius 3 is 2.79 bits per heavy atom. The fraction of sp³-hybridized carbons (Fsp3) is 0.133. The number of alkyl halides is 1. The number of nitrogens with zero attached hydrogens (tertiary/aromatic N) is 2.